The van der Waals surface area contributed by atoms with E-state index in [0.717, 1.165) is 5.75 Å². The zero-order valence-electron chi connectivity index (χ0n) is 11.1. The molecule has 1 aliphatic heterocycles. The third kappa shape index (κ3) is 1.36. The van der Waals surface area contributed by atoms with Crippen molar-refractivity contribution in [1.29, 1.82) is 0 Å². The quantitative estimate of drug-likeness (QED) is 0.610. The minimum atomic E-state index is 0.654. The molecule has 2 nitrogen and oxygen atoms in total. The van der Waals surface area contributed by atoms with Crippen molar-refractivity contribution < 1.29 is 9.31 Å². The second-order valence-corrected chi connectivity index (χ2v) is 4.76. The Bertz CT molecular complexity index is 498. The summed E-state index contributed by atoms with van der Waals surface area (Å²) in [5.74, 6) is 1.08. The van der Waals surface area contributed by atoms with Crippen molar-refractivity contribution in [3.63, 3.8) is 0 Å². The first-order chi connectivity index (χ1) is 7.45. The summed E-state index contributed by atoms with van der Waals surface area (Å²) >= 11 is 0. The highest BCUT2D eigenvalue weighted by Crippen LogP contribution is 2.34. The largest absolute Gasteiger partial charge is 0.435 e. The molecule has 0 N–H and O–H groups in total. The van der Waals surface area contributed by atoms with Gasteiger partial charge in [-0.05, 0) is 49.9 Å². The molecule has 0 aromatic heterocycles. The van der Waals surface area contributed by atoms with Crippen LogP contribution in [0.5, 0.6) is 5.75 Å². The van der Waals surface area contributed by atoms with Gasteiger partial charge in [-0.25, -0.2) is 4.58 Å². The average molecular weight is 218 g/mol. The van der Waals surface area contributed by atoms with Crippen molar-refractivity contribution in [3.8, 4) is 5.75 Å². The van der Waals surface area contributed by atoms with Gasteiger partial charge in [0.15, 0.2) is 5.71 Å². The highest BCUT2D eigenvalue weighted by atomic mass is 16.5. The van der Waals surface area contributed by atoms with Crippen molar-refractivity contribution in [1.82, 2.24) is 0 Å². The Kier molecular flexibility index (Phi) is 2.53. The van der Waals surface area contributed by atoms with Gasteiger partial charge >= 0.3 is 0 Å². The van der Waals surface area contributed by atoms with Gasteiger partial charge in [0.2, 0.25) is 0 Å². The number of rotatable bonds is 0. The lowest BCUT2D eigenvalue weighted by Gasteiger charge is -2.22. The van der Waals surface area contributed by atoms with Crippen molar-refractivity contribution in [3.05, 3.63) is 27.8 Å². The molecule has 2 rings (SSSR count). The standard InChI is InChI=1S/C14H20NO/c1-8-9(2)11(4)14-13(10(8)3)12(5)15(6)7-16-14/h7H2,1-6H3/q+1. The fraction of sp³-hybridized carbons (Fsp3) is 0.500. The molecule has 2 heteroatoms. The molecule has 16 heavy (non-hydrogen) atoms. The maximum absolute atomic E-state index is 5.86. The Morgan fingerprint density at radius 1 is 0.875 bits per heavy atom. The number of hydrogen-bond donors (Lipinski definition) is 0. The number of nitrogens with zero attached hydrogens (tertiary/aromatic N) is 1. The van der Waals surface area contributed by atoms with E-state index in [4.69, 9.17) is 4.74 Å². The molecule has 0 saturated carbocycles. The van der Waals surface area contributed by atoms with E-state index in [2.05, 4.69) is 46.2 Å². The van der Waals surface area contributed by atoms with Gasteiger partial charge in [0.1, 0.15) is 12.8 Å². The monoisotopic (exact) mass is 218 g/mol. The van der Waals surface area contributed by atoms with E-state index in [1.165, 1.54) is 33.5 Å². The lowest BCUT2D eigenvalue weighted by molar-refractivity contribution is -0.533. The van der Waals surface area contributed by atoms with Gasteiger partial charge in [0.25, 0.3) is 6.73 Å². The molecule has 86 valence electrons. The molecule has 0 amide bonds. The maximum atomic E-state index is 5.86. The van der Waals surface area contributed by atoms with E-state index in [1.807, 2.05) is 0 Å². The predicted molar refractivity (Wildman–Crippen MR) is 66.9 cm³/mol. The zero-order valence-corrected chi connectivity index (χ0v) is 11.1. The summed E-state index contributed by atoms with van der Waals surface area (Å²) in [6, 6.07) is 0. The molecule has 1 aromatic rings. The number of benzene rings is 1. The van der Waals surface area contributed by atoms with Crippen molar-refractivity contribution in [2.24, 2.45) is 0 Å². The van der Waals surface area contributed by atoms with Crippen LogP contribution >= 0.6 is 0 Å². The van der Waals surface area contributed by atoms with Crippen LogP contribution in [-0.4, -0.2) is 24.1 Å². The maximum Gasteiger partial charge on any atom is 0.287 e. The van der Waals surface area contributed by atoms with Gasteiger partial charge in [-0.1, -0.05) is 0 Å². The number of ether oxygens (including phenoxy) is 1. The van der Waals surface area contributed by atoms with Gasteiger partial charge in [-0.15, -0.1) is 0 Å². The summed E-state index contributed by atoms with van der Waals surface area (Å²) < 4.78 is 8.01. The molecule has 1 aromatic carbocycles. The summed E-state index contributed by atoms with van der Waals surface area (Å²) in [6.07, 6.45) is 0. The minimum Gasteiger partial charge on any atom is -0.435 e. The first-order valence-electron chi connectivity index (χ1n) is 5.73. The van der Waals surface area contributed by atoms with E-state index in [9.17, 15) is 0 Å². The van der Waals surface area contributed by atoms with E-state index >= 15 is 0 Å². The van der Waals surface area contributed by atoms with Crippen LogP contribution in [0.25, 0.3) is 0 Å². The smallest absolute Gasteiger partial charge is 0.287 e. The average Bonchev–Trinajstić information content (AvgIpc) is 2.27. The molecule has 0 unspecified atom stereocenters. The van der Waals surface area contributed by atoms with Crippen LogP contribution < -0.4 is 4.74 Å². The highest BCUT2D eigenvalue weighted by Gasteiger charge is 2.26. The topological polar surface area (TPSA) is 12.2 Å². The summed E-state index contributed by atoms with van der Waals surface area (Å²) in [5.41, 5.74) is 7.97. The third-order valence-electron chi connectivity index (χ3n) is 3.97. The Morgan fingerprint density at radius 3 is 2.06 bits per heavy atom. The number of fused-ring (bicyclic) bond motifs is 1. The molecule has 0 atom stereocenters. The van der Waals surface area contributed by atoms with E-state index in [1.54, 1.807) is 0 Å². The fourth-order valence-corrected chi connectivity index (χ4v) is 2.34. The van der Waals surface area contributed by atoms with Gasteiger partial charge < -0.3 is 4.74 Å². The van der Waals surface area contributed by atoms with Crippen LogP contribution in [0.4, 0.5) is 0 Å². The fourth-order valence-electron chi connectivity index (χ4n) is 2.34. The molecule has 0 bridgehead atoms. The van der Waals surface area contributed by atoms with E-state index in [0.29, 0.717) is 6.73 Å². The van der Waals surface area contributed by atoms with Crippen LogP contribution in [0.15, 0.2) is 0 Å². The molecule has 0 saturated heterocycles. The third-order valence-corrected chi connectivity index (χ3v) is 3.97. The Balaban J connectivity index is 2.85. The van der Waals surface area contributed by atoms with Gasteiger partial charge in [0.05, 0.1) is 5.56 Å². The lowest BCUT2D eigenvalue weighted by Crippen LogP contribution is -2.28. The normalized spacial score (nSPS) is 14.9. The van der Waals surface area contributed by atoms with E-state index in [-0.39, 0.29) is 0 Å². The van der Waals surface area contributed by atoms with Crippen LogP contribution in [0.3, 0.4) is 0 Å². The molecule has 0 aliphatic carbocycles. The van der Waals surface area contributed by atoms with Crippen molar-refractivity contribution >= 4 is 5.71 Å². The van der Waals surface area contributed by atoms with Crippen molar-refractivity contribution in [2.75, 3.05) is 13.8 Å². The summed E-state index contributed by atoms with van der Waals surface area (Å²) in [4.78, 5) is 0. The molecule has 0 radical (unpaired) electrons. The van der Waals surface area contributed by atoms with Crippen LogP contribution in [0.2, 0.25) is 0 Å². The van der Waals surface area contributed by atoms with E-state index < -0.39 is 0 Å². The van der Waals surface area contributed by atoms with Crippen LogP contribution in [0, 0.1) is 27.7 Å². The van der Waals surface area contributed by atoms with Crippen LogP contribution in [-0.2, 0) is 0 Å². The molecular formula is C14H20NO+. The predicted octanol–water partition coefficient (Wildman–Crippen LogP) is 2.72. The summed E-state index contributed by atoms with van der Waals surface area (Å²) in [6.45, 7) is 11.5. The zero-order chi connectivity index (χ0) is 12.0. The van der Waals surface area contributed by atoms with Crippen LogP contribution in [0.1, 0.15) is 34.7 Å². The summed E-state index contributed by atoms with van der Waals surface area (Å²) in [5, 5.41) is 0. The molecule has 1 aliphatic rings. The second-order valence-electron chi connectivity index (χ2n) is 4.76. The first kappa shape index (κ1) is 11.2. The molecule has 0 fully saturated rings. The molecular weight excluding hydrogens is 198 g/mol. The Morgan fingerprint density at radius 2 is 1.44 bits per heavy atom. The SMILES string of the molecule is CC1=[N+](C)COc2c(C)c(C)c(C)c(C)c21. The summed E-state index contributed by atoms with van der Waals surface area (Å²) in [7, 11) is 2.07. The first-order valence-corrected chi connectivity index (χ1v) is 5.73. The number of hydrogen-bond acceptors (Lipinski definition) is 1. The van der Waals surface area contributed by atoms with Gasteiger partial charge in [-0.2, -0.15) is 0 Å². The highest BCUT2D eigenvalue weighted by molar-refractivity contribution is 6.00. The minimum absolute atomic E-state index is 0.654. The Labute approximate surface area is 97.6 Å². The van der Waals surface area contributed by atoms with Crippen molar-refractivity contribution in [2.45, 2.75) is 34.6 Å². The lowest BCUT2D eigenvalue weighted by atomic mass is 9.91. The molecule has 0 spiro atoms. The molecule has 1 heterocycles. The van der Waals surface area contributed by atoms with Gasteiger partial charge in [0, 0.05) is 6.92 Å². The Hall–Kier alpha value is -1.31. The van der Waals surface area contributed by atoms with Gasteiger partial charge in [-0.3, -0.25) is 0 Å². The second kappa shape index (κ2) is 3.62.